The van der Waals surface area contributed by atoms with Crippen molar-refractivity contribution in [2.75, 3.05) is 5.32 Å². The summed E-state index contributed by atoms with van der Waals surface area (Å²) in [5.41, 5.74) is 3.24. The molecule has 0 aliphatic rings. The van der Waals surface area contributed by atoms with E-state index in [0.717, 1.165) is 24.1 Å². The monoisotopic (exact) mass is 257 g/mol. The van der Waals surface area contributed by atoms with Crippen molar-refractivity contribution in [3.8, 4) is 11.5 Å². The van der Waals surface area contributed by atoms with Gasteiger partial charge in [-0.2, -0.15) is 0 Å². The van der Waals surface area contributed by atoms with Crippen molar-refractivity contribution >= 4 is 5.69 Å². The number of hydrogen-bond acceptors (Lipinski definition) is 4. The van der Waals surface area contributed by atoms with E-state index in [1.807, 2.05) is 18.2 Å². The van der Waals surface area contributed by atoms with Crippen LogP contribution in [0.2, 0.25) is 0 Å². The van der Waals surface area contributed by atoms with Crippen molar-refractivity contribution in [1.29, 1.82) is 0 Å². The highest BCUT2D eigenvalue weighted by Gasteiger charge is 2.08. The van der Waals surface area contributed by atoms with Gasteiger partial charge in [0, 0.05) is 17.3 Å². The molecule has 4 nitrogen and oxygen atoms in total. The van der Waals surface area contributed by atoms with E-state index in [1.165, 1.54) is 12.0 Å². The SMILES string of the molecule is C=CCCC(C)Nc1cc(-c2nnco2)ccc1C. The van der Waals surface area contributed by atoms with Gasteiger partial charge in [0.1, 0.15) is 0 Å². The maximum Gasteiger partial charge on any atom is 0.247 e. The summed E-state index contributed by atoms with van der Waals surface area (Å²) in [5, 5.41) is 11.1. The number of hydrogen-bond donors (Lipinski definition) is 1. The van der Waals surface area contributed by atoms with Crippen LogP contribution in [0, 0.1) is 6.92 Å². The number of aryl methyl sites for hydroxylation is 1. The molecule has 1 unspecified atom stereocenters. The van der Waals surface area contributed by atoms with Gasteiger partial charge in [0.05, 0.1) is 0 Å². The fourth-order valence-corrected chi connectivity index (χ4v) is 1.91. The van der Waals surface area contributed by atoms with Crippen molar-refractivity contribution in [3.63, 3.8) is 0 Å². The number of rotatable bonds is 6. The molecule has 0 saturated heterocycles. The highest BCUT2D eigenvalue weighted by Crippen LogP contribution is 2.24. The van der Waals surface area contributed by atoms with Crippen LogP contribution in [-0.2, 0) is 0 Å². The predicted octanol–water partition coefficient (Wildman–Crippen LogP) is 3.81. The summed E-state index contributed by atoms with van der Waals surface area (Å²) >= 11 is 0. The lowest BCUT2D eigenvalue weighted by Gasteiger charge is -2.16. The third-order valence-electron chi connectivity index (χ3n) is 3.05. The van der Waals surface area contributed by atoms with Gasteiger partial charge in [-0.05, 0) is 44.4 Å². The molecule has 1 aromatic heterocycles. The third kappa shape index (κ3) is 3.44. The van der Waals surface area contributed by atoms with Crippen molar-refractivity contribution in [3.05, 3.63) is 42.8 Å². The topological polar surface area (TPSA) is 51.0 Å². The van der Waals surface area contributed by atoms with Gasteiger partial charge in [0.15, 0.2) is 0 Å². The first-order chi connectivity index (χ1) is 9.20. The Bertz CT molecular complexity index is 534. The zero-order chi connectivity index (χ0) is 13.7. The standard InChI is InChI=1S/C15H19N3O/c1-4-5-6-12(3)17-14-9-13(8-7-11(14)2)15-18-16-10-19-15/h4,7-10,12,17H,1,5-6H2,2-3H3. The quantitative estimate of drug-likeness (QED) is 0.799. The van der Waals surface area contributed by atoms with Gasteiger partial charge in [0.2, 0.25) is 12.3 Å². The number of anilines is 1. The van der Waals surface area contributed by atoms with E-state index in [9.17, 15) is 0 Å². The number of aromatic nitrogens is 2. The van der Waals surface area contributed by atoms with Crippen molar-refractivity contribution in [2.45, 2.75) is 32.7 Å². The molecule has 0 spiro atoms. The Balaban J connectivity index is 2.15. The largest absolute Gasteiger partial charge is 0.423 e. The van der Waals surface area contributed by atoms with Crippen LogP contribution < -0.4 is 5.32 Å². The highest BCUT2D eigenvalue weighted by atomic mass is 16.4. The molecule has 1 atom stereocenters. The number of allylic oxidation sites excluding steroid dienone is 1. The zero-order valence-corrected chi connectivity index (χ0v) is 11.4. The van der Waals surface area contributed by atoms with E-state index in [0.29, 0.717) is 11.9 Å². The Morgan fingerprint density at radius 3 is 3.00 bits per heavy atom. The van der Waals surface area contributed by atoms with Crippen molar-refractivity contribution in [2.24, 2.45) is 0 Å². The van der Waals surface area contributed by atoms with E-state index >= 15 is 0 Å². The van der Waals surface area contributed by atoms with Gasteiger partial charge >= 0.3 is 0 Å². The second-order valence-electron chi connectivity index (χ2n) is 4.68. The van der Waals surface area contributed by atoms with Crippen LogP contribution in [-0.4, -0.2) is 16.2 Å². The fraction of sp³-hybridized carbons (Fsp3) is 0.333. The second kappa shape index (κ2) is 6.18. The maximum absolute atomic E-state index is 5.22. The van der Waals surface area contributed by atoms with Gasteiger partial charge in [-0.25, -0.2) is 0 Å². The van der Waals surface area contributed by atoms with E-state index in [4.69, 9.17) is 4.42 Å². The lowest BCUT2D eigenvalue weighted by atomic mass is 10.1. The van der Waals surface area contributed by atoms with Gasteiger partial charge in [-0.15, -0.1) is 16.8 Å². The van der Waals surface area contributed by atoms with Crippen LogP contribution in [0.1, 0.15) is 25.3 Å². The van der Waals surface area contributed by atoms with Gasteiger partial charge in [-0.3, -0.25) is 0 Å². The number of benzene rings is 1. The van der Waals surface area contributed by atoms with E-state index in [2.05, 4.69) is 42.0 Å². The van der Waals surface area contributed by atoms with Gasteiger partial charge in [0.25, 0.3) is 0 Å². The normalized spacial score (nSPS) is 12.1. The molecule has 0 aliphatic carbocycles. The smallest absolute Gasteiger partial charge is 0.247 e. The van der Waals surface area contributed by atoms with E-state index in [-0.39, 0.29) is 0 Å². The third-order valence-corrected chi connectivity index (χ3v) is 3.05. The summed E-state index contributed by atoms with van der Waals surface area (Å²) in [7, 11) is 0. The molecule has 0 saturated carbocycles. The molecule has 100 valence electrons. The molecule has 1 heterocycles. The van der Waals surface area contributed by atoms with Crippen LogP contribution in [0.5, 0.6) is 0 Å². The Labute approximate surface area is 113 Å². The Kier molecular flexibility index (Phi) is 4.34. The van der Waals surface area contributed by atoms with Crippen molar-refractivity contribution < 1.29 is 4.42 Å². The molecular weight excluding hydrogens is 238 g/mol. The molecular formula is C15H19N3O. The first-order valence-electron chi connectivity index (χ1n) is 6.45. The Hall–Kier alpha value is -2.10. The average Bonchev–Trinajstić information content (AvgIpc) is 2.93. The Morgan fingerprint density at radius 1 is 1.47 bits per heavy atom. The predicted molar refractivity (Wildman–Crippen MR) is 77.0 cm³/mol. The molecule has 0 bridgehead atoms. The molecule has 0 amide bonds. The zero-order valence-electron chi connectivity index (χ0n) is 11.4. The Morgan fingerprint density at radius 2 is 2.32 bits per heavy atom. The van der Waals surface area contributed by atoms with Crippen LogP contribution in [0.4, 0.5) is 5.69 Å². The summed E-state index contributed by atoms with van der Waals surface area (Å²) in [6.45, 7) is 8.00. The summed E-state index contributed by atoms with van der Waals surface area (Å²) in [6.07, 6.45) is 5.36. The summed E-state index contributed by atoms with van der Waals surface area (Å²) in [5.74, 6) is 0.543. The fourth-order valence-electron chi connectivity index (χ4n) is 1.91. The minimum atomic E-state index is 0.398. The second-order valence-corrected chi connectivity index (χ2v) is 4.68. The first kappa shape index (κ1) is 13.3. The summed E-state index contributed by atoms with van der Waals surface area (Å²) in [4.78, 5) is 0. The molecule has 0 fully saturated rings. The lowest BCUT2D eigenvalue weighted by molar-refractivity contribution is 0.568. The van der Waals surface area contributed by atoms with Crippen LogP contribution in [0.25, 0.3) is 11.5 Å². The van der Waals surface area contributed by atoms with E-state index in [1.54, 1.807) is 0 Å². The molecule has 1 aromatic carbocycles. The summed E-state index contributed by atoms with van der Waals surface area (Å²) < 4.78 is 5.22. The van der Waals surface area contributed by atoms with Crippen LogP contribution >= 0.6 is 0 Å². The molecule has 19 heavy (non-hydrogen) atoms. The molecule has 4 heteroatoms. The lowest BCUT2D eigenvalue weighted by Crippen LogP contribution is -2.15. The molecule has 0 radical (unpaired) electrons. The molecule has 2 aromatic rings. The summed E-state index contributed by atoms with van der Waals surface area (Å²) in [6, 6.07) is 6.49. The maximum atomic E-state index is 5.22. The van der Waals surface area contributed by atoms with Crippen LogP contribution in [0.3, 0.4) is 0 Å². The number of nitrogens with one attached hydrogen (secondary N) is 1. The number of nitrogens with zero attached hydrogens (tertiary/aromatic N) is 2. The van der Waals surface area contributed by atoms with Crippen LogP contribution in [0.15, 0.2) is 41.7 Å². The minimum absolute atomic E-state index is 0.398. The first-order valence-corrected chi connectivity index (χ1v) is 6.45. The average molecular weight is 257 g/mol. The van der Waals surface area contributed by atoms with Gasteiger partial charge in [-0.1, -0.05) is 12.1 Å². The molecule has 2 rings (SSSR count). The van der Waals surface area contributed by atoms with Gasteiger partial charge < -0.3 is 9.73 Å². The minimum Gasteiger partial charge on any atom is -0.423 e. The van der Waals surface area contributed by atoms with E-state index < -0.39 is 0 Å². The van der Waals surface area contributed by atoms with Crippen molar-refractivity contribution in [1.82, 2.24) is 10.2 Å². The molecule has 0 aliphatic heterocycles. The molecule has 1 N–H and O–H groups in total. The highest BCUT2D eigenvalue weighted by molar-refractivity contribution is 5.64.